The molecule has 0 fully saturated rings. The Labute approximate surface area is 107 Å². The molecule has 0 aliphatic carbocycles. The number of nitrogen functional groups attached to an aromatic ring is 1. The third-order valence-electron chi connectivity index (χ3n) is 2.59. The molecule has 0 aromatic heterocycles. The number of rotatable bonds is 5. The van der Waals surface area contributed by atoms with Gasteiger partial charge in [-0.3, -0.25) is 4.79 Å². The number of nitrogens with one attached hydrogen (secondary N) is 1. The lowest BCUT2D eigenvalue weighted by atomic mass is 10.1. The summed E-state index contributed by atoms with van der Waals surface area (Å²) in [4.78, 5) is 11.8. The van der Waals surface area contributed by atoms with E-state index in [0.29, 0.717) is 11.3 Å². The van der Waals surface area contributed by atoms with Crippen LogP contribution >= 0.6 is 0 Å². The second-order valence-corrected chi connectivity index (χ2v) is 6.56. The van der Waals surface area contributed by atoms with Gasteiger partial charge in [0.05, 0.1) is 11.3 Å². The smallest absolute Gasteiger partial charge is 0.253 e. The summed E-state index contributed by atoms with van der Waals surface area (Å²) in [5.41, 5.74) is 7.46. The molecule has 5 nitrogen and oxygen atoms in total. The Morgan fingerprint density at radius 3 is 2.61 bits per heavy atom. The van der Waals surface area contributed by atoms with E-state index in [1.165, 1.54) is 0 Å². The van der Waals surface area contributed by atoms with E-state index in [1.807, 2.05) is 6.92 Å². The number of amides is 1. The average molecular weight is 270 g/mol. The van der Waals surface area contributed by atoms with Gasteiger partial charge in [0.1, 0.15) is 0 Å². The summed E-state index contributed by atoms with van der Waals surface area (Å²) in [5, 5.41) is 2.55. The highest BCUT2D eigenvalue weighted by Gasteiger charge is 2.11. The van der Waals surface area contributed by atoms with E-state index in [9.17, 15) is 13.2 Å². The van der Waals surface area contributed by atoms with Crippen molar-refractivity contribution in [3.05, 3.63) is 29.3 Å². The second kappa shape index (κ2) is 5.86. The third-order valence-corrected chi connectivity index (χ3v) is 4.30. The Hall–Kier alpha value is -1.56. The zero-order valence-corrected chi connectivity index (χ0v) is 11.4. The molecule has 0 atom stereocenters. The molecule has 0 saturated carbocycles. The van der Waals surface area contributed by atoms with E-state index in [4.69, 9.17) is 5.73 Å². The fraction of sp³-hybridized carbons (Fsp3) is 0.417. The number of carbonyl (C=O) groups is 1. The zero-order valence-electron chi connectivity index (χ0n) is 10.6. The van der Waals surface area contributed by atoms with Crippen molar-refractivity contribution in [3.8, 4) is 0 Å². The third kappa shape index (κ3) is 4.03. The van der Waals surface area contributed by atoms with Crippen molar-refractivity contribution in [1.82, 2.24) is 5.32 Å². The lowest BCUT2D eigenvalue weighted by molar-refractivity contribution is 0.0957. The van der Waals surface area contributed by atoms with Crippen molar-refractivity contribution in [2.45, 2.75) is 13.8 Å². The van der Waals surface area contributed by atoms with E-state index in [0.717, 1.165) is 5.56 Å². The number of hydrogen-bond donors (Lipinski definition) is 2. The Morgan fingerprint density at radius 1 is 1.39 bits per heavy atom. The van der Waals surface area contributed by atoms with Crippen LogP contribution in [0.1, 0.15) is 22.8 Å². The van der Waals surface area contributed by atoms with Gasteiger partial charge in [-0.25, -0.2) is 8.42 Å². The topological polar surface area (TPSA) is 89.3 Å². The van der Waals surface area contributed by atoms with Crippen LogP contribution in [0.2, 0.25) is 0 Å². The summed E-state index contributed by atoms with van der Waals surface area (Å²) in [6.45, 7) is 3.56. The largest absolute Gasteiger partial charge is 0.398 e. The maximum absolute atomic E-state index is 11.8. The maximum atomic E-state index is 11.8. The minimum atomic E-state index is -3.06. The monoisotopic (exact) mass is 270 g/mol. The number of aryl methyl sites for hydroxylation is 1. The van der Waals surface area contributed by atoms with Gasteiger partial charge < -0.3 is 11.1 Å². The molecule has 3 N–H and O–H groups in total. The van der Waals surface area contributed by atoms with Gasteiger partial charge in [0, 0.05) is 18.0 Å². The van der Waals surface area contributed by atoms with Gasteiger partial charge in [-0.05, 0) is 24.6 Å². The van der Waals surface area contributed by atoms with Crippen LogP contribution in [0.15, 0.2) is 18.2 Å². The highest BCUT2D eigenvalue weighted by molar-refractivity contribution is 7.91. The van der Waals surface area contributed by atoms with E-state index in [1.54, 1.807) is 25.1 Å². The minimum absolute atomic E-state index is 0.0546. The van der Waals surface area contributed by atoms with Crippen LogP contribution in [-0.2, 0) is 9.84 Å². The first-order chi connectivity index (χ1) is 8.35. The zero-order chi connectivity index (χ0) is 13.8. The van der Waals surface area contributed by atoms with Crippen LogP contribution < -0.4 is 11.1 Å². The molecule has 18 heavy (non-hydrogen) atoms. The molecule has 1 rings (SSSR count). The Balaban J connectivity index is 2.61. The van der Waals surface area contributed by atoms with Gasteiger partial charge in [0.2, 0.25) is 0 Å². The van der Waals surface area contributed by atoms with E-state index < -0.39 is 9.84 Å². The molecule has 0 bridgehead atoms. The summed E-state index contributed by atoms with van der Waals surface area (Å²) >= 11 is 0. The van der Waals surface area contributed by atoms with Crippen molar-refractivity contribution in [2.24, 2.45) is 0 Å². The molecule has 0 heterocycles. The fourth-order valence-electron chi connectivity index (χ4n) is 1.45. The predicted molar refractivity (Wildman–Crippen MR) is 72.3 cm³/mol. The summed E-state index contributed by atoms with van der Waals surface area (Å²) < 4.78 is 22.5. The first-order valence-corrected chi connectivity index (χ1v) is 7.52. The van der Waals surface area contributed by atoms with E-state index in [2.05, 4.69) is 5.32 Å². The van der Waals surface area contributed by atoms with Crippen LogP contribution in [0, 0.1) is 6.92 Å². The first kappa shape index (κ1) is 14.5. The van der Waals surface area contributed by atoms with Gasteiger partial charge in [-0.1, -0.05) is 13.0 Å². The number of sulfone groups is 1. The molecule has 0 aliphatic rings. The lowest BCUT2D eigenvalue weighted by Gasteiger charge is -2.08. The molecule has 100 valence electrons. The number of nitrogens with two attached hydrogens (primary N) is 1. The highest BCUT2D eigenvalue weighted by Crippen LogP contribution is 2.13. The number of carbonyl (C=O) groups excluding carboxylic acids is 1. The van der Waals surface area contributed by atoms with Crippen LogP contribution in [0.5, 0.6) is 0 Å². The van der Waals surface area contributed by atoms with Gasteiger partial charge in [-0.2, -0.15) is 0 Å². The molecule has 1 amide bonds. The Bertz CT molecular complexity index is 538. The van der Waals surface area contributed by atoms with Crippen LogP contribution in [0.3, 0.4) is 0 Å². The summed E-state index contributed by atoms with van der Waals surface area (Å²) in [6.07, 6.45) is 0. The van der Waals surface area contributed by atoms with Crippen LogP contribution in [0.25, 0.3) is 0 Å². The first-order valence-electron chi connectivity index (χ1n) is 5.70. The predicted octanol–water partition coefficient (Wildman–Crippen LogP) is 0.742. The highest BCUT2D eigenvalue weighted by atomic mass is 32.2. The number of benzene rings is 1. The molecule has 1 aromatic carbocycles. The standard InChI is InChI=1S/C12H18N2O3S/c1-3-18(16,17)7-6-14-12(15)10-5-4-9(2)8-11(10)13/h4-5,8H,3,6-7,13H2,1-2H3,(H,14,15). The second-order valence-electron chi connectivity index (χ2n) is 4.08. The fourth-order valence-corrected chi connectivity index (χ4v) is 2.15. The Morgan fingerprint density at radius 2 is 2.06 bits per heavy atom. The van der Waals surface area contributed by atoms with Crippen molar-refractivity contribution in [3.63, 3.8) is 0 Å². The van der Waals surface area contributed by atoms with Gasteiger partial charge >= 0.3 is 0 Å². The molecule has 0 saturated heterocycles. The quantitative estimate of drug-likeness (QED) is 0.772. The van der Waals surface area contributed by atoms with E-state index >= 15 is 0 Å². The summed E-state index contributed by atoms with van der Waals surface area (Å²) in [5.74, 6) is -0.324. The van der Waals surface area contributed by atoms with Crippen LogP contribution in [0.4, 0.5) is 5.69 Å². The van der Waals surface area contributed by atoms with Crippen molar-refractivity contribution in [1.29, 1.82) is 0 Å². The van der Waals surface area contributed by atoms with Gasteiger partial charge in [0.25, 0.3) is 5.91 Å². The summed E-state index contributed by atoms with van der Waals surface area (Å²) in [7, 11) is -3.06. The molecule has 0 radical (unpaired) electrons. The molecule has 6 heteroatoms. The van der Waals surface area contributed by atoms with Crippen molar-refractivity contribution < 1.29 is 13.2 Å². The van der Waals surface area contributed by atoms with Crippen molar-refractivity contribution in [2.75, 3.05) is 23.8 Å². The van der Waals surface area contributed by atoms with Gasteiger partial charge in [-0.15, -0.1) is 0 Å². The summed E-state index contributed by atoms with van der Waals surface area (Å²) in [6, 6.07) is 5.13. The molecule has 1 aromatic rings. The van der Waals surface area contributed by atoms with Gasteiger partial charge in [0.15, 0.2) is 9.84 Å². The van der Waals surface area contributed by atoms with Crippen molar-refractivity contribution >= 4 is 21.4 Å². The van der Waals surface area contributed by atoms with E-state index in [-0.39, 0.29) is 24.0 Å². The molecule has 0 spiro atoms. The number of anilines is 1. The molecule has 0 unspecified atom stereocenters. The molecular formula is C12H18N2O3S. The average Bonchev–Trinajstić information content (AvgIpc) is 2.28. The normalized spacial score (nSPS) is 11.2. The SMILES string of the molecule is CCS(=O)(=O)CCNC(=O)c1ccc(C)cc1N. The van der Waals surface area contributed by atoms with Crippen LogP contribution in [-0.4, -0.2) is 32.4 Å². The minimum Gasteiger partial charge on any atom is -0.398 e. The Kier molecular flexibility index (Phi) is 4.72. The lowest BCUT2D eigenvalue weighted by Crippen LogP contribution is -2.30. The molecule has 0 aliphatic heterocycles. The maximum Gasteiger partial charge on any atom is 0.253 e. The number of hydrogen-bond acceptors (Lipinski definition) is 4. The molecular weight excluding hydrogens is 252 g/mol.